The van der Waals surface area contributed by atoms with Gasteiger partial charge in [-0.25, -0.2) is 4.99 Å². The number of rotatable bonds is 8. The SMILES string of the molecule is CCCNC(=NCC(=O)NCCOC)NCC.I. The molecule has 0 aliphatic carbocycles. The van der Waals surface area contributed by atoms with E-state index in [9.17, 15) is 4.79 Å². The van der Waals surface area contributed by atoms with Crippen molar-refractivity contribution in [3.63, 3.8) is 0 Å². The van der Waals surface area contributed by atoms with Crippen molar-refractivity contribution in [3.05, 3.63) is 0 Å². The van der Waals surface area contributed by atoms with Crippen LogP contribution in [0.15, 0.2) is 4.99 Å². The number of nitrogens with zero attached hydrogens (tertiary/aromatic N) is 1. The van der Waals surface area contributed by atoms with Crippen LogP contribution in [0.5, 0.6) is 0 Å². The molecule has 0 radical (unpaired) electrons. The van der Waals surface area contributed by atoms with Crippen molar-refractivity contribution in [2.45, 2.75) is 20.3 Å². The minimum Gasteiger partial charge on any atom is -0.383 e. The molecule has 0 atom stereocenters. The number of amides is 1. The lowest BCUT2D eigenvalue weighted by atomic mass is 10.5. The Bertz CT molecular complexity index is 237. The molecule has 18 heavy (non-hydrogen) atoms. The molecule has 0 aromatic heterocycles. The first-order valence-corrected chi connectivity index (χ1v) is 6.02. The molecule has 0 aromatic carbocycles. The average Bonchev–Trinajstić information content (AvgIpc) is 2.33. The number of carbonyl (C=O) groups is 1. The first-order chi connectivity index (χ1) is 8.24. The van der Waals surface area contributed by atoms with E-state index in [1.165, 1.54) is 0 Å². The van der Waals surface area contributed by atoms with Gasteiger partial charge in [0.2, 0.25) is 5.91 Å². The number of hydrogen-bond acceptors (Lipinski definition) is 3. The van der Waals surface area contributed by atoms with Crippen LogP contribution in [-0.2, 0) is 9.53 Å². The lowest BCUT2D eigenvalue weighted by molar-refractivity contribution is -0.119. The molecular formula is C11H25IN4O2. The molecule has 0 bridgehead atoms. The summed E-state index contributed by atoms with van der Waals surface area (Å²) in [6, 6.07) is 0. The van der Waals surface area contributed by atoms with Crippen molar-refractivity contribution in [1.82, 2.24) is 16.0 Å². The van der Waals surface area contributed by atoms with E-state index in [2.05, 4.69) is 27.9 Å². The molecule has 0 saturated heterocycles. The van der Waals surface area contributed by atoms with E-state index < -0.39 is 0 Å². The average molecular weight is 372 g/mol. The van der Waals surface area contributed by atoms with Crippen molar-refractivity contribution < 1.29 is 9.53 Å². The fourth-order valence-electron chi connectivity index (χ4n) is 1.08. The molecular weight excluding hydrogens is 347 g/mol. The van der Waals surface area contributed by atoms with Crippen molar-refractivity contribution in [2.24, 2.45) is 4.99 Å². The van der Waals surface area contributed by atoms with Gasteiger partial charge in [0.15, 0.2) is 5.96 Å². The highest BCUT2D eigenvalue weighted by atomic mass is 127. The van der Waals surface area contributed by atoms with Gasteiger partial charge in [0.25, 0.3) is 0 Å². The molecule has 0 fully saturated rings. The summed E-state index contributed by atoms with van der Waals surface area (Å²) in [6.45, 7) is 6.85. The number of guanidine groups is 1. The summed E-state index contributed by atoms with van der Waals surface area (Å²) in [7, 11) is 1.60. The van der Waals surface area contributed by atoms with Gasteiger partial charge >= 0.3 is 0 Å². The predicted octanol–water partition coefficient (Wildman–Crippen LogP) is 0.332. The molecule has 0 heterocycles. The Hall–Kier alpha value is -0.570. The van der Waals surface area contributed by atoms with Gasteiger partial charge in [-0.2, -0.15) is 0 Å². The molecule has 0 aliphatic heterocycles. The van der Waals surface area contributed by atoms with E-state index in [-0.39, 0.29) is 36.4 Å². The van der Waals surface area contributed by atoms with Crippen LogP contribution < -0.4 is 16.0 Å². The monoisotopic (exact) mass is 372 g/mol. The Morgan fingerprint density at radius 3 is 2.44 bits per heavy atom. The van der Waals surface area contributed by atoms with Crippen molar-refractivity contribution in [2.75, 3.05) is 39.9 Å². The van der Waals surface area contributed by atoms with E-state index in [0.717, 1.165) is 19.5 Å². The molecule has 1 amide bonds. The van der Waals surface area contributed by atoms with Crippen LogP contribution in [0, 0.1) is 0 Å². The van der Waals surface area contributed by atoms with Crippen LogP contribution in [0.25, 0.3) is 0 Å². The number of aliphatic imine (C=N–C) groups is 1. The second-order valence-electron chi connectivity index (χ2n) is 3.46. The van der Waals surface area contributed by atoms with Crippen LogP contribution in [0.4, 0.5) is 0 Å². The highest BCUT2D eigenvalue weighted by Gasteiger charge is 2.00. The number of carbonyl (C=O) groups excluding carboxylic acids is 1. The van der Waals surface area contributed by atoms with Crippen LogP contribution >= 0.6 is 24.0 Å². The van der Waals surface area contributed by atoms with E-state index in [1.54, 1.807) is 7.11 Å². The first kappa shape index (κ1) is 19.8. The predicted molar refractivity (Wildman–Crippen MR) is 84.6 cm³/mol. The Balaban J connectivity index is 0. The molecule has 0 unspecified atom stereocenters. The summed E-state index contributed by atoms with van der Waals surface area (Å²) >= 11 is 0. The maximum atomic E-state index is 11.4. The zero-order valence-corrected chi connectivity index (χ0v) is 13.7. The lowest BCUT2D eigenvalue weighted by Crippen LogP contribution is -2.39. The Morgan fingerprint density at radius 1 is 1.17 bits per heavy atom. The van der Waals surface area contributed by atoms with Gasteiger partial charge < -0.3 is 20.7 Å². The molecule has 0 saturated carbocycles. The standard InChI is InChI=1S/C11H24N4O2.HI/c1-4-6-14-11(12-5-2)15-9-10(16)13-7-8-17-3;/h4-9H2,1-3H3,(H,13,16)(H2,12,14,15);1H. The number of ether oxygens (including phenoxy) is 1. The summed E-state index contributed by atoms with van der Waals surface area (Å²) in [5, 5.41) is 8.91. The number of methoxy groups -OCH3 is 1. The smallest absolute Gasteiger partial charge is 0.241 e. The normalized spacial score (nSPS) is 10.5. The fraction of sp³-hybridized carbons (Fsp3) is 0.818. The van der Waals surface area contributed by atoms with Crippen LogP contribution in [0.2, 0.25) is 0 Å². The third kappa shape index (κ3) is 11.9. The third-order valence-electron chi connectivity index (χ3n) is 1.90. The fourth-order valence-corrected chi connectivity index (χ4v) is 1.08. The van der Waals surface area contributed by atoms with Crippen LogP contribution in [0.3, 0.4) is 0 Å². The van der Waals surface area contributed by atoms with E-state index >= 15 is 0 Å². The third-order valence-corrected chi connectivity index (χ3v) is 1.90. The van der Waals surface area contributed by atoms with Crippen molar-refractivity contribution >= 4 is 35.8 Å². The zero-order valence-electron chi connectivity index (χ0n) is 11.4. The number of halogens is 1. The zero-order chi connectivity index (χ0) is 12.9. The molecule has 0 spiro atoms. The molecule has 0 rings (SSSR count). The molecule has 6 nitrogen and oxygen atoms in total. The van der Waals surface area contributed by atoms with Crippen LogP contribution in [0.1, 0.15) is 20.3 Å². The topological polar surface area (TPSA) is 74.8 Å². The van der Waals surface area contributed by atoms with Gasteiger partial charge in [0.1, 0.15) is 6.54 Å². The number of nitrogens with one attached hydrogen (secondary N) is 3. The van der Waals surface area contributed by atoms with Gasteiger partial charge in [-0.15, -0.1) is 24.0 Å². The van der Waals surface area contributed by atoms with Gasteiger partial charge in [-0.1, -0.05) is 6.92 Å². The van der Waals surface area contributed by atoms with Gasteiger partial charge in [0.05, 0.1) is 6.61 Å². The largest absolute Gasteiger partial charge is 0.383 e. The van der Waals surface area contributed by atoms with Gasteiger partial charge in [0, 0.05) is 26.7 Å². The molecule has 7 heteroatoms. The van der Waals surface area contributed by atoms with E-state index in [1.807, 2.05) is 6.92 Å². The maximum Gasteiger partial charge on any atom is 0.241 e. The quantitative estimate of drug-likeness (QED) is 0.249. The maximum absolute atomic E-state index is 11.4. The Kier molecular flexibility index (Phi) is 15.9. The minimum absolute atomic E-state index is 0. The minimum atomic E-state index is -0.101. The van der Waals surface area contributed by atoms with Crippen molar-refractivity contribution in [1.29, 1.82) is 0 Å². The summed E-state index contributed by atoms with van der Waals surface area (Å²) in [5.74, 6) is 0.576. The van der Waals surface area contributed by atoms with E-state index in [0.29, 0.717) is 19.1 Å². The molecule has 0 aromatic rings. The highest BCUT2D eigenvalue weighted by Crippen LogP contribution is 1.77. The summed E-state index contributed by atoms with van der Waals surface area (Å²) in [6.07, 6.45) is 1.02. The lowest BCUT2D eigenvalue weighted by Gasteiger charge is -2.10. The van der Waals surface area contributed by atoms with Crippen LogP contribution in [-0.4, -0.2) is 51.8 Å². The van der Waals surface area contributed by atoms with Gasteiger partial charge in [-0.05, 0) is 13.3 Å². The van der Waals surface area contributed by atoms with E-state index in [4.69, 9.17) is 4.74 Å². The molecule has 0 aliphatic rings. The summed E-state index contributed by atoms with van der Waals surface area (Å²) in [5.41, 5.74) is 0. The van der Waals surface area contributed by atoms with Gasteiger partial charge in [-0.3, -0.25) is 4.79 Å². The second-order valence-corrected chi connectivity index (χ2v) is 3.46. The molecule has 108 valence electrons. The van der Waals surface area contributed by atoms with Crippen molar-refractivity contribution in [3.8, 4) is 0 Å². The Morgan fingerprint density at radius 2 is 1.89 bits per heavy atom. The highest BCUT2D eigenvalue weighted by molar-refractivity contribution is 14.0. The summed E-state index contributed by atoms with van der Waals surface area (Å²) < 4.78 is 4.83. The molecule has 3 N–H and O–H groups in total. The number of hydrogen-bond donors (Lipinski definition) is 3. The second kappa shape index (κ2) is 14.5. The first-order valence-electron chi connectivity index (χ1n) is 6.02. The Labute approximate surface area is 126 Å². The summed E-state index contributed by atoms with van der Waals surface area (Å²) in [4.78, 5) is 15.5.